The van der Waals surface area contributed by atoms with E-state index in [1.54, 1.807) is 0 Å². The highest BCUT2D eigenvalue weighted by Crippen LogP contribution is 2.17. The van der Waals surface area contributed by atoms with Gasteiger partial charge in [-0.3, -0.25) is 14.4 Å². The van der Waals surface area contributed by atoms with Gasteiger partial charge in [0.25, 0.3) is 0 Å². The lowest BCUT2D eigenvalue weighted by Gasteiger charge is -2.18. The van der Waals surface area contributed by atoms with Crippen molar-refractivity contribution in [2.45, 2.75) is 316 Å². The summed E-state index contributed by atoms with van der Waals surface area (Å²) in [6.07, 6.45) is 52.4. The summed E-state index contributed by atoms with van der Waals surface area (Å²) in [4.78, 5) is 38.0. The molecule has 0 N–H and O–H groups in total. The first-order chi connectivity index (χ1) is 29.9. The number of ether oxygens (including phenoxy) is 3. The van der Waals surface area contributed by atoms with Gasteiger partial charge in [0.05, 0.1) is 0 Å². The maximum atomic E-state index is 12.8. The average Bonchev–Trinajstić information content (AvgIpc) is 3.24. The van der Waals surface area contributed by atoms with E-state index in [2.05, 4.69) is 27.7 Å². The van der Waals surface area contributed by atoms with Crippen molar-refractivity contribution < 1.29 is 28.6 Å². The van der Waals surface area contributed by atoms with Crippen molar-refractivity contribution in [3.63, 3.8) is 0 Å². The molecule has 1 atom stereocenters. The van der Waals surface area contributed by atoms with Crippen LogP contribution < -0.4 is 0 Å². The normalized spacial score (nSPS) is 12.0. The van der Waals surface area contributed by atoms with Crippen molar-refractivity contribution in [2.24, 2.45) is 5.92 Å². The minimum absolute atomic E-state index is 0.0627. The molecule has 6 heteroatoms. The molecule has 0 fully saturated rings. The molecule has 0 bridgehead atoms. The molecule has 0 aromatic rings. The van der Waals surface area contributed by atoms with Crippen LogP contribution in [0, 0.1) is 5.92 Å². The van der Waals surface area contributed by atoms with Crippen molar-refractivity contribution in [3.05, 3.63) is 0 Å². The van der Waals surface area contributed by atoms with Crippen LogP contribution >= 0.6 is 0 Å². The minimum Gasteiger partial charge on any atom is -0.462 e. The number of unbranched alkanes of at least 4 members (excludes halogenated alkanes) is 37. The highest BCUT2D eigenvalue weighted by Gasteiger charge is 2.19. The second kappa shape index (κ2) is 49.4. The molecule has 0 aliphatic rings. The van der Waals surface area contributed by atoms with Gasteiger partial charge in [0.15, 0.2) is 6.10 Å². The van der Waals surface area contributed by atoms with Crippen LogP contribution in [-0.2, 0) is 28.6 Å². The fourth-order valence-electron chi connectivity index (χ4n) is 8.39. The van der Waals surface area contributed by atoms with E-state index in [0.717, 1.165) is 63.7 Å². The van der Waals surface area contributed by atoms with Gasteiger partial charge in [0, 0.05) is 19.3 Å². The van der Waals surface area contributed by atoms with Gasteiger partial charge in [-0.05, 0) is 25.2 Å². The first kappa shape index (κ1) is 59.4. The molecular formula is C55H106O6. The Morgan fingerprint density at radius 3 is 0.803 bits per heavy atom. The molecule has 0 aliphatic carbocycles. The molecular weight excluding hydrogens is 757 g/mol. The molecule has 0 aromatic carbocycles. The summed E-state index contributed by atoms with van der Waals surface area (Å²) in [6, 6.07) is 0. The largest absolute Gasteiger partial charge is 0.462 e. The summed E-state index contributed by atoms with van der Waals surface area (Å²) in [6.45, 7) is 9.02. The van der Waals surface area contributed by atoms with E-state index in [0.29, 0.717) is 19.3 Å². The maximum absolute atomic E-state index is 12.8. The van der Waals surface area contributed by atoms with Crippen LogP contribution in [0.25, 0.3) is 0 Å². The molecule has 0 unspecified atom stereocenters. The number of esters is 3. The van der Waals surface area contributed by atoms with E-state index in [1.807, 2.05) is 0 Å². The summed E-state index contributed by atoms with van der Waals surface area (Å²) in [5.74, 6) is -0.0359. The summed E-state index contributed by atoms with van der Waals surface area (Å²) < 4.78 is 16.8. The van der Waals surface area contributed by atoms with E-state index in [1.165, 1.54) is 205 Å². The standard InChI is InChI=1S/C55H106O6/c1-5-7-9-11-13-15-17-19-20-21-22-23-25-27-31-35-39-43-47-54(57)60-50-52(61-55(58)48-44-40-36-32-28-29-33-37-41-45-51(3)4)49-59-53(56)46-42-38-34-30-26-24-18-16-14-12-10-8-6-2/h51-52H,5-50H2,1-4H3/t52-/m1/s1. The molecule has 0 radical (unpaired) electrons. The van der Waals surface area contributed by atoms with E-state index in [4.69, 9.17) is 14.2 Å². The SMILES string of the molecule is CCCCCCCCCCCCCCCCCCCCC(=O)OC[C@@H](COC(=O)CCCCCCCCCCCCCCC)OC(=O)CCCCCCCCCCCC(C)C. The van der Waals surface area contributed by atoms with E-state index >= 15 is 0 Å². The number of carbonyl (C=O) groups is 3. The van der Waals surface area contributed by atoms with Crippen molar-refractivity contribution in [3.8, 4) is 0 Å². The second-order valence-corrected chi connectivity index (χ2v) is 19.3. The zero-order valence-corrected chi connectivity index (χ0v) is 41.6. The number of hydrogen-bond donors (Lipinski definition) is 0. The second-order valence-electron chi connectivity index (χ2n) is 19.3. The van der Waals surface area contributed by atoms with Crippen molar-refractivity contribution >= 4 is 17.9 Å². The van der Waals surface area contributed by atoms with Crippen LogP contribution in [0.5, 0.6) is 0 Å². The van der Waals surface area contributed by atoms with Gasteiger partial charge in [0.1, 0.15) is 13.2 Å². The average molecular weight is 863 g/mol. The first-order valence-corrected chi connectivity index (χ1v) is 27.4. The Bertz CT molecular complexity index is 918. The molecule has 61 heavy (non-hydrogen) atoms. The van der Waals surface area contributed by atoms with Gasteiger partial charge in [-0.2, -0.15) is 0 Å². The monoisotopic (exact) mass is 863 g/mol. The Morgan fingerprint density at radius 1 is 0.311 bits per heavy atom. The maximum Gasteiger partial charge on any atom is 0.306 e. The fourth-order valence-corrected chi connectivity index (χ4v) is 8.39. The molecule has 0 aromatic heterocycles. The lowest BCUT2D eigenvalue weighted by Crippen LogP contribution is -2.30. The molecule has 0 amide bonds. The third-order valence-corrected chi connectivity index (χ3v) is 12.5. The Balaban J connectivity index is 4.26. The number of carbonyl (C=O) groups excluding carboxylic acids is 3. The van der Waals surface area contributed by atoms with Gasteiger partial charge in [-0.1, -0.05) is 272 Å². The third kappa shape index (κ3) is 49.3. The molecule has 0 heterocycles. The lowest BCUT2D eigenvalue weighted by atomic mass is 10.0. The van der Waals surface area contributed by atoms with Gasteiger partial charge >= 0.3 is 17.9 Å². The van der Waals surface area contributed by atoms with E-state index in [9.17, 15) is 14.4 Å². The molecule has 0 aliphatic heterocycles. The summed E-state index contributed by atoms with van der Waals surface area (Å²) in [7, 11) is 0. The van der Waals surface area contributed by atoms with E-state index < -0.39 is 6.10 Å². The fraction of sp³-hybridized carbons (Fsp3) is 0.945. The van der Waals surface area contributed by atoms with Crippen molar-refractivity contribution in [1.29, 1.82) is 0 Å². The smallest absolute Gasteiger partial charge is 0.306 e. The van der Waals surface area contributed by atoms with Crippen molar-refractivity contribution in [2.75, 3.05) is 13.2 Å². The van der Waals surface area contributed by atoms with Gasteiger partial charge < -0.3 is 14.2 Å². The van der Waals surface area contributed by atoms with Crippen LogP contribution in [0.15, 0.2) is 0 Å². The number of rotatable bonds is 50. The molecule has 6 nitrogen and oxygen atoms in total. The number of hydrogen-bond acceptors (Lipinski definition) is 6. The quantitative estimate of drug-likeness (QED) is 0.0344. The molecule has 0 rings (SSSR count). The van der Waals surface area contributed by atoms with Gasteiger partial charge in [-0.25, -0.2) is 0 Å². The Hall–Kier alpha value is -1.59. The van der Waals surface area contributed by atoms with Crippen molar-refractivity contribution in [1.82, 2.24) is 0 Å². The van der Waals surface area contributed by atoms with Crippen LogP contribution in [-0.4, -0.2) is 37.2 Å². The van der Waals surface area contributed by atoms with Gasteiger partial charge in [-0.15, -0.1) is 0 Å². The zero-order chi connectivity index (χ0) is 44.5. The molecule has 0 spiro atoms. The lowest BCUT2D eigenvalue weighted by molar-refractivity contribution is -0.167. The van der Waals surface area contributed by atoms with Crippen LogP contribution in [0.1, 0.15) is 310 Å². The zero-order valence-electron chi connectivity index (χ0n) is 41.6. The van der Waals surface area contributed by atoms with Gasteiger partial charge in [0.2, 0.25) is 0 Å². The highest BCUT2D eigenvalue weighted by atomic mass is 16.6. The third-order valence-electron chi connectivity index (χ3n) is 12.5. The molecule has 362 valence electrons. The Morgan fingerprint density at radius 2 is 0.541 bits per heavy atom. The summed E-state index contributed by atoms with van der Waals surface area (Å²) in [5.41, 5.74) is 0. The predicted octanol–water partition coefficient (Wildman–Crippen LogP) is 17.8. The summed E-state index contributed by atoms with van der Waals surface area (Å²) in [5, 5.41) is 0. The minimum atomic E-state index is -0.761. The molecule has 0 saturated heterocycles. The van der Waals surface area contributed by atoms with Crippen LogP contribution in [0.3, 0.4) is 0 Å². The van der Waals surface area contributed by atoms with Crippen LogP contribution in [0.4, 0.5) is 0 Å². The Kier molecular flexibility index (Phi) is 48.1. The van der Waals surface area contributed by atoms with E-state index in [-0.39, 0.29) is 31.1 Å². The molecule has 0 saturated carbocycles. The topological polar surface area (TPSA) is 78.9 Å². The Labute approximate surface area is 380 Å². The van der Waals surface area contributed by atoms with Crippen LogP contribution in [0.2, 0.25) is 0 Å². The predicted molar refractivity (Wildman–Crippen MR) is 261 cm³/mol. The summed E-state index contributed by atoms with van der Waals surface area (Å²) >= 11 is 0. The highest BCUT2D eigenvalue weighted by molar-refractivity contribution is 5.71. The first-order valence-electron chi connectivity index (χ1n) is 27.4.